The molecule has 108 valence electrons. The highest BCUT2D eigenvalue weighted by Gasteiger charge is 2.07. The molecule has 0 aliphatic rings. The van der Waals surface area contributed by atoms with Crippen LogP contribution >= 0.6 is 0 Å². The number of hydrogen-bond acceptors (Lipinski definition) is 4. The molecule has 2 aromatic rings. The summed E-state index contributed by atoms with van der Waals surface area (Å²) in [4.78, 5) is 8.39. The Morgan fingerprint density at radius 2 is 2.05 bits per heavy atom. The third-order valence-electron chi connectivity index (χ3n) is 2.84. The highest BCUT2D eigenvalue weighted by molar-refractivity contribution is 5.88. The molecule has 1 aromatic heterocycles. The Morgan fingerprint density at radius 3 is 2.71 bits per heavy atom. The van der Waals surface area contributed by atoms with Crippen molar-refractivity contribution in [1.82, 2.24) is 4.98 Å². The minimum Gasteiger partial charge on any atom is -0.453 e. The van der Waals surface area contributed by atoms with Gasteiger partial charge in [-0.05, 0) is 19.9 Å². The first-order chi connectivity index (χ1) is 10.2. The van der Waals surface area contributed by atoms with E-state index in [1.165, 1.54) is 0 Å². The number of hydrogen-bond donors (Lipinski definition) is 1. The lowest BCUT2D eigenvalue weighted by Crippen LogP contribution is -2.08. The van der Waals surface area contributed by atoms with Crippen LogP contribution in [0.3, 0.4) is 0 Å². The van der Waals surface area contributed by atoms with Gasteiger partial charge in [-0.3, -0.25) is 9.98 Å². The maximum Gasteiger partial charge on any atom is 0.168 e. The predicted octanol–water partition coefficient (Wildman–Crippen LogP) is 3.19. The van der Waals surface area contributed by atoms with Crippen LogP contribution in [0.4, 0.5) is 0 Å². The fraction of sp³-hybridized carbons (Fsp3) is 0.176. The van der Waals surface area contributed by atoms with Crippen molar-refractivity contribution in [3.63, 3.8) is 0 Å². The van der Waals surface area contributed by atoms with Gasteiger partial charge >= 0.3 is 0 Å². The number of nitrogens with two attached hydrogens (primary N) is 1. The number of rotatable bonds is 5. The molecule has 0 unspecified atom stereocenters. The van der Waals surface area contributed by atoms with Gasteiger partial charge in [0.1, 0.15) is 5.75 Å². The molecule has 0 amide bonds. The Hall–Kier alpha value is -2.62. The normalized spacial score (nSPS) is 12.3. The number of allylic oxidation sites excluding steroid dienone is 1. The van der Waals surface area contributed by atoms with Crippen LogP contribution in [0.5, 0.6) is 5.75 Å². The zero-order chi connectivity index (χ0) is 15.1. The van der Waals surface area contributed by atoms with Crippen molar-refractivity contribution in [2.75, 3.05) is 6.54 Å². The summed E-state index contributed by atoms with van der Waals surface area (Å²) in [5, 5.41) is 0. The van der Waals surface area contributed by atoms with E-state index >= 15 is 0 Å². The minimum absolute atomic E-state index is 0.536. The van der Waals surface area contributed by atoms with Gasteiger partial charge in [-0.1, -0.05) is 30.3 Å². The number of aryl methyl sites for hydroxylation is 1. The van der Waals surface area contributed by atoms with Crippen LogP contribution in [0.25, 0.3) is 5.70 Å². The first kappa shape index (κ1) is 14.8. The quantitative estimate of drug-likeness (QED) is 0.676. The van der Waals surface area contributed by atoms with E-state index in [9.17, 15) is 0 Å². The fourth-order valence-corrected chi connectivity index (χ4v) is 1.80. The van der Waals surface area contributed by atoms with Crippen molar-refractivity contribution in [3.8, 4) is 5.75 Å². The summed E-state index contributed by atoms with van der Waals surface area (Å²) in [6.07, 6.45) is 3.37. The van der Waals surface area contributed by atoms with Gasteiger partial charge in [-0.25, -0.2) is 0 Å². The summed E-state index contributed by atoms with van der Waals surface area (Å²) in [5.41, 5.74) is 8.56. The number of aromatic nitrogens is 1. The number of nitrogens with zero attached hydrogens (tertiary/aromatic N) is 2. The molecule has 21 heavy (non-hydrogen) atoms. The minimum atomic E-state index is 0.536. The van der Waals surface area contributed by atoms with Crippen LogP contribution in [0, 0.1) is 6.92 Å². The van der Waals surface area contributed by atoms with Crippen molar-refractivity contribution in [2.24, 2.45) is 10.7 Å². The number of ether oxygens (including phenoxy) is 1. The molecule has 0 bridgehead atoms. The summed E-state index contributed by atoms with van der Waals surface area (Å²) in [5.74, 6) is 1.23. The number of aliphatic imine (C=N–C) groups is 1. The highest BCUT2D eigenvalue weighted by Crippen LogP contribution is 2.18. The van der Waals surface area contributed by atoms with Gasteiger partial charge in [-0.2, -0.15) is 0 Å². The van der Waals surface area contributed by atoms with Gasteiger partial charge < -0.3 is 10.5 Å². The molecular formula is C17H19N3O. The second-order valence-corrected chi connectivity index (χ2v) is 4.51. The maximum absolute atomic E-state index is 6.21. The van der Waals surface area contributed by atoms with Gasteiger partial charge in [0.2, 0.25) is 0 Å². The van der Waals surface area contributed by atoms with Gasteiger partial charge in [-0.15, -0.1) is 0 Å². The molecule has 0 fully saturated rings. The second-order valence-electron chi connectivity index (χ2n) is 4.51. The van der Waals surface area contributed by atoms with E-state index < -0.39 is 0 Å². The predicted molar refractivity (Wildman–Crippen MR) is 86.2 cm³/mol. The van der Waals surface area contributed by atoms with Gasteiger partial charge in [0.05, 0.1) is 11.9 Å². The summed E-state index contributed by atoms with van der Waals surface area (Å²) in [6, 6.07) is 13.4. The van der Waals surface area contributed by atoms with Crippen LogP contribution in [-0.4, -0.2) is 17.7 Å². The van der Waals surface area contributed by atoms with Crippen molar-refractivity contribution in [2.45, 2.75) is 13.8 Å². The monoisotopic (exact) mass is 281 g/mol. The molecule has 4 heteroatoms. The Kier molecular flexibility index (Phi) is 5.10. The molecule has 2 rings (SSSR count). The zero-order valence-electron chi connectivity index (χ0n) is 12.3. The van der Waals surface area contributed by atoms with Gasteiger partial charge in [0.15, 0.2) is 5.76 Å². The fourth-order valence-electron chi connectivity index (χ4n) is 1.80. The largest absolute Gasteiger partial charge is 0.453 e. The summed E-state index contributed by atoms with van der Waals surface area (Å²) < 4.78 is 5.88. The smallest absolute Gasteiger partial charge is 0.168 e. The molecule has 0 saturated heterocycles. The summed E-state index contributed by atoms with van der Waals surface area (Å²) in [6.45, 7) is 4.55. The number of pyridine rings is 1. The molecule has 1 heterocycles. The molecule has 0 saturated carbocycles. The lowest BCUT2D eigenvalue weighted by atomic mass is 10.1. The third-order valence-corrected chi connectivity index (χ3v) is 2.84. The van der Waals surface area contributed by atoms with E-state index in [4.69, 9.17) is 10.5 Å². The van der Waals surface area contributed by atoms with E-state index in [-0.39, 0.29) is 0 Å². The van der Waals surface area contributed by atoms with E-state index in [0.29, 0.717) is 23.8 Å². The molecule has 0 aliphatic heterocycles. The maximum atomic E-state index is 6.21. The van der Waals surface area contributed by atoms with Gasteiger partial charge in [0.25, 0.3) is 0 Å². The van der Waals surface area contributed by atoms with Crippen LogP contribution in [0.1, 0.15) is 18.2 Å². The zero-order valence-corrected chi connectivity index (χ0v) is 12.3. The number of benzene rings is 1. The van der Waals surface area contributed by atoms with E-state index in [0.717, 1.165) is 11.3 Å². The van der Waals surface area contributed by atoms with Crippen LogP contribution in [0.2, 0.25) is 0 Å². The first-order valence-electron chi connectivity index (χ1n) is 6.86. The molecular weight excluding hydrogens is 262 g/mol. The molecule has 1 aromatic carbocycles. The lowest BCUT2D eigenvalue weighted by Gasteiger charge is -2.10. The Bertz CT molecular complexity index is 648. The Morgan fingerprint density at radius 1 is 1.29 bits per heavy atom. The van der Waals surface area contributed by atoms with Crippen molar-refractivity contribution < 1.29 is 4.74 Å². The Balaban J connectivity index is 2.36. The molecule has 2 N–H and O–H groups in total. The van der Waals surface area contributed by atoms with Crippen LogP contribution < -0.4 is 10.5 Å². The molecule has 0 radical (unpaired) electrons. The van der Waals surface area contributed by atoms with Crippen LogP contribution in [0.15, 0.2) is 59.4 Å². The Labute approximate surface area is 125 Å². The average Bonchev–Trinajstić information content (AvgIpc) is 2.51. The second kappa shape index (κ2) is 7.24. The van der Waals surface area contributed by atoms with Crippen molar-refractivity contribution >= 4 is 11.9 Å². The van der Waals surface area contributed by atoms with E-state index in [2.05, 4.69) is 9.98 Å². The molecule has 4 nitrogen and oxygen atoms in total. The summed E-state index contributed by atoms with van der Waals surface area (Å²) >= 11 is 0. The molecule has 0 spiro atoms. The average molecular weight is 281 g/mol. The SMILES string of the molecule is CCN=C/C(Oc1ccnc(C)c1)=C(\N)c1ccccc1. The molecule has 0 atom stereocenters. The van der Waals surface area contributed by atoms with E-state index in [1.54, 1.807) is 18.5 Å². The highest BCUT2D eigenvalue weighted by atomic mass is 16.5. The van der Waals surface area contributed by atoms with Crippen molar-refractivity contribution in [3.05, 3.63) is 65.7 Å². The first-order valence-corrected chi connectivity index (χ1v) is 6.86. The van der Waals surface area contributed by atoms with Crippen molar-refractivity contribution in [1.29, 1.82) is 0 Å². The van der Waals surface area contributed by atoms with E-state index in [1.807, 2.05) is 50.2 Å². The topological polar surface area (TPSA) is 60.5 Å². The molecule has 0 aliphatic carbocycles. The third kappa shape index (κ3) is 4.18. The van der Waals surface area contributed by atoms with Gasteiger partial charge in [0, 0.05) is 30.1 Å². The lowest BCUT2D eigenvalue weighted by molar-refractivity contribution is 0.457. The standard InChI is InChI=1S/C17H19N3O/c1-3-19-12-16(17(18)14-7-5-4-6-8-14)21-15-9-10-20-13(2)11-15/h4-12H,3,18H2,1-2H3/b17-16+,19-12?. The summed E-state index contributed by atoms with van der Waals surface area (Å²) in [7, 11) is 0. The van der Waals surface area contributed by atoms with Crippen LogP contribution in [-0.2, 0) is 0 Å².